The average molecular weight is 405 g/mol. The fraction of sp³-hybridized carbons (Fsp3) is 0. The van der Waals surface area contributed by atoms with Crippen LogP contribution in [0.1, 0.15) is 9.67 Å². The summed E-state index contributed by atoms with van der Waals surface area (Å²) in [6.07, 6.45) is 0. The zero-order valence-electron chi connectivity index (χ0n) is 12.6. The van der Waals surface area contributed by atoms with Gasteiger partial charge in [0.15, 0.2) is 5.13 Å². The molecule has 1 amide bonds. The van der Waals surface area contributed by atoms with Gasteiger partial charge in [0, 0.05) is 0 Å². The highest BCUT2D eigenvalue weighted by molar-refractivity contribution is 7.22. The van der Waals surface area contributed by atoms with Crippen molar-refractivity contribution >= 4 is 72.8 Å². The molecule has 0 N–H and O–H groups in total. The van der Waals surface area contributed by atoms with Gasteiger partial charge in [-0.15, -0.1) is 11.3 Å². The summed E-state index contributed by atoms with van der Waals surface area (Å²) in [5.41, 5.74) is 1.48. The quantitative estimate of drug-likeness (QED) is 0.383. The van der Waals surface area contributed by atoms with Crippen LogP contribution >= 0.6 is 45.9 Å². The molecule has 4 rings (SSSR count). The third-order valence-electron chi connectivity index (χ3n) is 3.57. The lowest BCUT2D eigenvalue weighted by Gasteiger charge is -2.19. The second kappa shape index (κ2) is 6.77. The lowest BCUT2D eigenvalue weighted by atomic mass is 10.2. The van der Waals surface area contributed by atoms with Gasteiger partial charge in [0.25, 0.3) is 5.91 Å². The normalized spacial score (nSPS) is 11.0. The molecule has 124 valence electrons. The number of thiophene rings is 1. The van der Waals surface area contributed by atoms with Crippen LogP contribution in [0.4, 0.5) is 10.8 Å². The number of anilines is 2. The van der Waals surface area contributed by atoms with E-state index >= 15 is 0 Å². The third-order valence-corrected chi connectivity index (χ3v) is 6.19. The number of rotatable bonds is 3. The van der Waals surface area contributed by atoms with Gasteiger partial charge >= 0.3 is 0 Å². The van der Waals surface area contributed by atoms with Crippen LogP contribution in [-0.4, -0.2) is 10.9 Å². The fourth-order valence-corrected chi connectivity index (χ4v) is 4.34. The number of halogens is 2. The summed E-state index contributed by atoms with van der Waals surface area (Å²) < 4.78 is 1.02. The molecule has 0 radical (unpaired) electrons. The van der Waals surface area contributed by atoms with Crippen LogP contribution in [0.2, 0.25) is 10.0 Å². The molecule has 2 heterocycles. The first kappa shape index (κ1) is 16.5. The standard InChI is InChI=1S/C18H10Cl2N2OS2/c19-12-8-7-11(10-13(12)20)22(17(23)16-6-3-9-24-16)18-21-14-4-1-2-5-15(14)25-18/h1-10H. The molecule has 0 spiro atoms. The molecule has 25 heavy (non-hydrogen) atoms. The van der Waals surface area contributed by atoms with Crippen molar-refractivity contribution in [3.8, 4) is 0 Å². The van der Waals surface area contributed by atoms with Gasteiger partial charge in [-0.05, 0) is 41.8 Å². The van der Waals surface area contributed by atoms with E-state index in [1.54, 1.807) is 29.2 Å². The van der Waals surface area contributed by atoms with Crippen molar-refractivity contribution in [1.82, 2.24) is 4.98 Å². The van der Waals surface area contributed by atoms with Crippen LogP contribution in [-0.2, 0) is 0 Å². The number of carbonyl (C=O) groups is 1. The molecule has 0 saturated heterocycles. The van der Waals surface area contributed by atoms with E-state index in [1.165, 1.54) is 22.7 Å². The van der Waals surface area contributed by atoms with Crippen LogP contribution in [0.3, 0.4) is 0 Å². The molecule has 0 unspecified atom stereocenters. The summed E-state index contributed by atoms with van der Waals surface area (Å²) >= 11 is 15.0. The van der Waals surface area contributed by atoms with Gasteiger partial charge in [0.2, 0.25) is 0 Å². The monoisotopic (exact) mass is 404 g/mol. The van der Waals surface area contributed by atoms with Crippen molar-refractivity contribution < 1.29 is 4.79 Å². The van der Waals surface area contributed by atoms with Crippen molar-refractivity contribution in [2.45, 2.75) is 0 Å². The van der Waals surface area contributed by atoms with Crippen molar-refractivity contribution in [1.29, 1.82) is 0 Å². The highest BCUT2D eigenvalue weighted by Gasteiger charge is 2.24. The van der Waals surface area contributed by atoms with E-state index in [0.717, 1.165) is 10.2 Å². The van der Waals surface area contributed by atoms with E-state index in [9.17, 15) is 4.79 Å². The van der Waals surface area contributed by atoms with Crippen molar-refractivity contribution in [3.05, 3.63) is 74.9 Å². The third kappa shape index (κ3) is 3.16. The number of thiazole rings is 1. The van der Waals surface area contributed by atoms with Gasteiger partial charge in [0.05, 0.1) is 30.8 Å². The van der Waals surface area contributed by atoms with Crippen LogP contribution in [0.5, 0.6) is 0 Å². The number of para-hydroxylation sites is 1. The van der Waals surface area contributed by atoms with Crippen molar-refractivity contribution in [3.63, 3.8) is 0 Å². The van der Waals surface area contributed by atoms with E-state index in [0.29, 0.717) is 25.7 Å². The highest BCUT2D eigenvalue weighted by Crippen LogP contribution is 2.37. The number of aromatic nitrogens is 1. The molecule has 0 saturated carbocycles. The minimum Gasteiger partial charge on any atom is -0.267 e. The van der Waals surface area contributed by atoms with Crippen molar-refractivity contribution in [2.75, 3.05) is 4.90 Å². The maximum Gasteiger partial charge on any atom is 0.274 e. The Bertz CT molecular complexity index is 1030. The summed E-state index contributed by atoms with van der Waals surface area (Å²) in [7, 11) is 0. The topological polar surface area (TPSA) is 33.2 Å². The Hall–Kier alpha value is -1.92. The lowest BCUT2D eigenvalue weighted by Crippen LogP contribution is -2.25. The van der Waals surface area contributed by atoms with E-state index < -0.39 is 0 Å². The van der Waals surface area contributed by atoms with Gasteiger partial charge in [-0.3, -0.25) is 9.69 Å². The molecular formula is C18H10Cl2N2OS2. The Morgan fingerprint density at radius 3 is 2.56 bits per heavy atom. The number of fused-ring (bicyclic) bond motifs is 1. The predicted octanol–water partition coefficient (Wildman–Crippen LogP) is 6.64. The first-order valence-corrected chi connectivity index (χ1v) is 9.77. The molecule has 2 aromatic heterocycles. The lowest BCUT2D eigenvalue weighted by molar-refractivity contribution is 0.100. The van der Waals surface area contributed by atoms with E-state index in [1.807, 2.05) is 35.7 Å². The number of nitrogens with zero attached hydrogens (tertiary/aromatic N) is 2. The van der Waals surface area contributed by atoms with Gasteiger partial charge < -0.3 is 0 Å². The smallest absolute Gasteiger partial charge is 0.267 e. The largest absolute Gasteiger partial charge is 0.274 e. The van der Waals surface area contributed by atoms with Gasteiger partial charge in [-0.25, -0.2) is 4.98 Å². The second-order valence-corrected chi connectivity index (χ2v) is 7.95. The Labute approximate surface area is 162 Å². The first-order chi connectivity index (χ1) is 12.1. The average Bonchev–Trinajstić information content (AvgIpc) is 3.27. The molecule has 0 aliphatic rings. The van der Waals surface area contributed by atoms with Crippen molar-refractivity contribution in [2.24, 2.45) is 0 Å². The Kier molecular flexibility index (Phi) is 4.48. The maximum absolute atomic E-state index is 13.1. The zero-order valence-corrected chi connectivity index (χ0v) is 15.8. The van der Waals surface area contributed by atoms with Crippen LogP contribution in [0.15, 0.2) is 60.0 Å². The van der Waals surface area contributed by atoms with Gasteiger partial charge in [-0.2, -0.15) is 0 Å². The van der Waals surface area contributed by atoms with E-state index in [4.69, 9.17) is 23.2 Å². The number of hydrogen-bond donors (Lipinski definition) is 0. The Morgan fingerprint density at radius 1 is 1.00 bits per heavy atom. The summed E-state index contributed by atoms with van der Waals surface area (Å²) in [6, 6.07) is 16.6. The van der Waals surface area contributed by atoms with E-state index in [-0.39, 0.29) is 5.91 Å². The zero-order chi connectivity index (χ0) is 17.4. The molecule has 0 atom stereocenters. The molecule has 0 aliphatic carbocycles. The maximum atomic E-state index is 13.1. The fourth-order valence-electron chi connectivity index (χ4n) is 2.40. The minimum absolute atomic E-state index is 0.146. The summed E-state index contributed by atoms with van der Waals surface area (Å²) in [4.78, 5) is 19.9. The molecule has 0 fully saturated rings. The van der Waals surface area contributed by atoms with Gasteiger partial charge in [-0.1, -0.05) is 52.7 Å². The number of carbonyl (C=O) groups excluding carboxylic acids is 1. The minimum atomic E-state index is -0.146. The predicted molar refractivity (Wildman–Crippen MR) is 107 cm³/mol. The Balaban J connectivity index is 1.88. The summed E-state index contributed by atoms with van der Waals surface area (Å²) in [5.74, 6) is -0.146. The van der Waals surface area contributed by atoms with Crippen LogP contribution in [0, 0.1) is 0 Å². The molecule has 0 aliphatic heterocycles. The molecule has 3 nitrogen and oxygen atoms in total. The van der Waals surface area contributed by atoms with Gasteiger partial charge in [0.1, 0.15) is 0 Å². The molecule has 0 bridgehead atoms. The van der Waals surface area contributed by atoms with Crippen LogP contribution in [0.25, 0.3) is 10.2 Å². The summed E-state index contributed by atoms with van der Waals surface area (Å²) in [6.45, 7) is 0. The Morgan fingerprint density at radius 2 is 1.84 bits per heavy atom. The second-order valence-electron chi connectivity index (χ2n) is 5.18. The molecule has 4 aromatic rings. The SMILES string of the molecule is O=C(c1cccs1)N(c1ccc(Cl)c(Cl)c1)c1nc2ccccc2s1. The van der Waals surface area contributed by atoms with E-state index in [2.05, 4.69) is 4.98 Å². The molecule has 7 heteroatoms. The number of amides is 1. The molecular weight excluding hydrogens is 395 g/mol. The highest BCUT2D eigenvalue weighted by atomic mass is 35.5. The first-order valence-electron chi connectivity index (χ1n) is 7.32. The number of hydrogen-bond acceptors (Lipinski definition) is 4. The molecule has 2 aromatic carbocycles. The van der Waals surface area contributed by atoms with Crippen LogP contribution < -0.4 is 4.90 Å². The summed E-state index contributed by atoms with van der Waals surface area (Å²) in [5, 5.41) is 3.30. The number of benzene rings is 2.